The second-order valence-electron chi connectivity index (χ2n) is 8.56. The van der Waals surface area contributed by atoms with Gasteiger partial charge in [-0.3, -0.25) is 9.59 Å². The van der Waals surface area contributed by atoms with Gasteiger partial charge in [-0.1, -0.05) is 30.4 Å². The van der Waals surface area contributed by atoms with Crippen LogP contribution in [0, 0.1) is 5.92 Å². The molecule has 0 spiro atoms. The molecule has 2 aromatic rings. The lowest BCUT2D eigenvalue weighted by Crippen LogP contribution is -2.25. The molecule has 5 nitrogen and oxygen atoms in total. The molecule has 1 aliphatic carbocycles. The molecule has 3 rings (SSSR count). The molecule has 1 aliphatic rings. The van der Waals surface area contributed by atoms with Crippen LogP contribution >= 0.6 is 34.9 Å². The van der Waals surface area contributed by atoms with Crippen LogP contribution in [0.25, 0.3) is 10.1 Å². The summed E-state index contributed by atoms with van der Waals surface area (Å²) in [6.07, 6.45) is 5.25. The van der Waals surface area contributed by atoms with Gasteiger partial charge in [0.2, 0.25) is 0 Å². The molecule has 8 heteroatoms. The zero-order valence-corrected chi connectivity index (χ0v) is 21.5. The van der Waals surface area contributed by atoms with Gasteiger partial charge < -0.3 is 14.9 Å². The molecule has 1 heterocycles. The average molecular weight is 509 g/mol. The van der Waals surface area contributed by atoms with Crippen LogP contribution in [0.1, 0.15) is 31.1 Å². The van der Waals surface area contributed by atoms with E-state index in [4.69, 9.17) is 0 Å². The van der Waals surface area contributed by atoms with Gasteiger partial charge in [0.15, 0.2) is 0 Å². The van der Waals surface area contributed by atoms with Crippen LogP contribution in [-0.4, -0.2) is 63.3 Å². The second kappa shape index (κ2) is 12.4. The van der Waals surface area contributed by atoms with Gasteiger partial charge in [0.1, 0.15) is 5.78 Å². The number of methoxy groups -OCH3 is 1. The van der Waals surface area contributed by atoms with E-state index in [1.807, 2.05) is 18.2 Å². The highest BCUT2D eigenvalue weighted by molar-refractivity contribution is 8.01. The number of carbonyl (C=O) groups excluding carboxylic acids is 2. The van der Waals surface area contributed by atoms with Crippen LogP contribution < -0.4 is 0 Å². The number of esters is 1. The first-order chi connectivity index (χ1) is 15.8. The molecule has 1 aromatic carbocycles. The molecular weight excluding hydrogens is 476 g/mol. The molecule has 0 saturated heterocycles. The number of aliphatic hydroxyl groups excluding tert-OH is 1. The van der Waals surface area contributed by atoms with Gasteiger partial charge in [-0.15, -0.1) is 23.1 Å². The highest BCUT2D eigenvalue weighted by Crippen LogP contribution is 2.35. The minimum absolute atomic E-state index is 0.0642. The highest BCUT2D eigenvalue weighted by Gasteiger charge is 2.40. The first-order valence-corrected chi connectivity index (χ1v) is 14.2. The Labute approximate surface area is 208 Å². The standard InChI is InChI=1S/C25H32O5S3/c1-25(29,10-8-18-14-17-6-3-4-7-22(17)33-18)11-9-19-20(26)15-21(27)24(19)32-13-5-12-31-16-23(28)30-2/h3-4,6-7,9,11,14,19-20,24,26,29H,5,8,10,12-13,15-16H2,1-2H3/t19-,20+,24+,25-/m0/s1. The maximum absolute atomic E-state index is 12.4. The Morgan fingerprint density at radius 3 is 2.88 bits per heavy atom. The van der Waals surface area contributed by atoms with E-state index < -0.39 is 11.7 Å². The summed E-state index contributed by atoms with van der Waals surface area (Å²) in [6, 6.07) is 10.4. The molecule has 2 N–H and O–H groups in total. The molecule has 33 heavy (non-hydrogen) atoms. The lowest BCUT2D eigenvalue weighted by molar-refractivity contribution is -0.137. The Morgan fingerprint density at radius 2 is 2.12 bits per heavy atom. The zero-order valence-electron chi connectivity index (χ0n) is 19.1. The van der Waals surface area contributed by atoms with Crippen molar-refractivity contribution in [2.24, 2.45) is 5.92 Å². The van der Waals surface area contributed by atoms with Crippen LogP contribution in [0.15, 0.2) is 42.5 Å². The summed E-state index contributed by atoms with van der Waals surface area (Å²) in [5, 5.41) is 22.2. The first-order valence-electron chi connectivity index (χ1n) is 11.2. The van der Waals surface area contributed by atoms with Gasteiger partial charge >= 0.3 is 5.97 Å². The monoisotopic (exact) mass is 508 g/mol. The van der Waals surface area contributed by atoms with Gasteiger partial charge in [-0.25, -0.2) is 0 Å². The maximum atomic E-state index is 12.4. The molecule has 0 unspecified atom stereocenters. The van der Waals surface area contributed by atoms with Crippen molar-refractivity contribution in [3.63, 3.8) is 0 Å². The third-order valence-corrected chi connectivity index (χ3v) is 9.38. The van der Waals surface area contributed by atoms with E-state index in [9.17, 15) is 19.8 Å². The van der Waals surface area contributed by atoms with E-state index in [1.54, 1.807) is 36.1 Å². The van der Waals surface area contributed by atoms with Crippen molar-refractivity contribution in [1.82, 2.24) is 0 Å². The van der Waals surface area contributed by atoms with Crippen molar-refractivity contribution in [2.45, 2.75) is 49.6 Å². The molecule has 0 bridgehead atoms. The summed E-state index contributed by atoms with van der Waals surface area (Å²) in [4.78, 5) is 24.8. The Kier molecular flexibility index (Phi) is 9.88. The molecule has 1 fully saturated rings. The van der Waals surface area contributed by atoms with Crippen LogP contribution in [0.2, 0.25) is 0 Å². The lowest BCUT2D eigenvalue weighted by Gasteiger charge is -2.22. The summed E-state index contributed by atoms with van der Waals surface area (Å²) in [5.41, 5.74) is -1.01. The predicted octanol–water partition coefficient (Wildman–Crippen LogP) is 4.49. The summed E-state index contributed by atoms with van der Waals surface area (Å²) in [6.45, 7) is 1.78. The predicted molar refractivity (Wildman–Crippen MR) is 139 cm³/mol. The topological polar surface area (TPSA) is 83.8 Å². The first kappa shape index (κ1) is 26.3. The fourth-order valence-electron chi connectivity index (χ4n) is 3.83. The number of fused-ring (bicyclic) bond motifs is 1. The van der Waals surface area contributed by atoms with Gasteiger partial charge in [0, 0.05) is 21.9 Å². The quantitative estimate of drug-likeness (QED) is 0.248. The Hall–Kier alpha value is -1.32. The number of thioether (sulfide) groups is 2. The number of Topliss-reactive ketones (excluding diaryl/α,β-unsaturated/α-hetero) is 1. The molecule has 180 valence electrons. The van der Waals surface area contributed by atoms with Crippen molar-refractivity contribution in [1.29, 1.82) is 0 Å². The van der Waals surface area contributed by atoms with Crippen molar-refractivity contribution in [2.75, 3.05) is 24.4 Å². The number of hydrogen-bond donors (Lipinski definition) is 2. The lowest BCUT2D eigenvalue weighted by atomic mass is 9.95. The van der Waals surface area contributed by atoms with Crippen LogP contribution in [-0.2, 0) is 20.7 Å². The number of aliphatic hydroxyl groups is 2. The molecular formula is C25H32O5S3. The Morgan fingerprint density at radius 1 is 1.33 bits per heavy atom. The fraction of sp³-hybridized carbons (Fsp3) is 0.520. The number of ether oxygens (including phenoxy) is 1. The largest absolute Gasteiger partial charge is 0.468 e. The van der Waals surface area contributed by atoms with E-state index in [1.165, 1.54) is 33.8 Å². The number of hydrogen-bond acceptors (Lipinski definition) is 8. The number of ketones is 1. The van der Waals surface area contributed by atoms with E-state index in [0.717, 1.165) is 24.3 Å². The molecule has 0 amide bonds. The van der Waals surface area contributed by atoms with Crippen molar-refractivity contribution < 1.29 is 24.5 Å². The second-order valence-corrected chi connectivity index (χ2v) is 12.1. The maximum Gasteiger partial charge on any atom is 0.315 e. The van der Waals surface area contributed by atoms with Crippen LogP contribution in [0.4, 0.5) is 0 Å². The smallest absolute Gasteiger partial charge is 0.315 e. The van der Waals surface area contributed by atoms with Gasteiger partial charge in [-0.05, 0) is 55.2 Å². The summed E-state index contributed by atoms with van der Waals surface area (Å²) >= 11 is 4.83. The zero-order chi connectivity index (χ0) is 23.8. The fourth-order valence-corrected chi connectivity index (χ4v) is 7.20. The van der Waals surface area contributed by atoms with E-state index >= 15 is 0 Å². The average Bonchev–Trinajstić information content (AvgIpc) is 3.32. The van der Waals surface area contributed by atoms with Crippen molar-refractivity contribution >= 4 is 56.7 Å². The summed E-state index contributed by atoms with van der Waals surface area (Å²) < 4.78 is 5.87. The summed E-state index contributed by atoms with van der Waals surface area (Å²) in [5.74, 6) is 1.48. The van der Waals surface area contributed by atoms with E-state index in [0.29, 0.717) is 12.2 Å². The van der Waals surface area contributed by atoms with E-state index in [-0.39, 0.29) is 29.3 Å². The van der Waals surface area contributed by atoms with Gasteiger partial charge in [-0.2, -0.15) is 11.8 Å². The third kappa shape index (κ3) is 7.86. The van der Waals surface area contributed by atoms with Gasteiger partial charge in [0.25, 0.3) is 0 Å². The molecule has 0 radical (unpaired) electrons. The van der Waals surface area contributed by atoms with E-state index in [2.05, 4.69) is 22.9 Å². The van der Waals surface area contributed by atoms with Crippen LogP contribution in [0.3, 0.4) is 0 Å². The highest BCUT2D eigenvalue weighted by atomic mass is 32.2. The third-order valence-electron chi connectivity index (χ3n) is 5.73. The summed E-state index contributed by atoms with van der Waals surface area (Å²) in [7, 11) is 1.38. The minimum Gasteiger partial charge on any atom is -0.468 e. The Balaban J connectivity index is 1.49. The number of aryl methyl sites for hydroxylation is 1. The minimum atomic E-state index is -1.01. The SMILES string of the molecule is COC(=O)CSCCCS[C@H]1C(=O)C[C@@H](O)[C@@H]1C=C[C@@](C)(O)CCc1cc2ccccc2s1. The van der Waals surface area contributed by atoms with Crippen LogP contribution in [0.5, 0.6) is 0 Å². The normalized spacial score (nSPS) is 22.8. The molecule has 1 saturated carbocycles. The number of carbonyl (C=O) groups is 2. The van der Waals surface area contributed by atoms with Crippen molar-refractivity contribution in [3.05, 3.63) is 47.4 Å². The molecule has 4 atom stereocenters. The number of rotatable bonds is 12. The molecule has 0 aliphatic heterocycles. The number of thiophene rings is 1. The van der Waals surface area contributed by atoms with Gasteiger partial charge in [0.05, 0.1) is 29.8 Å². The molecule has 1 aromatic heterocycles. The Bertz CT molecular complexity index is 935. The number of benzene rings is 1. The van der Waals surface area contributed by atoms with Crippen molar-refractivity contribution in [3.8, 4) is 0 Å².